The molecule has 0 aliphatic rings. The number of aromatic nitrogens is 2. The topological polar surface area (TPSA) is 83.8 Å². The highest BCUT2D eigenvalue weighted by atomic mass is 16.1. The summed E-state index contributed by atoms with van der Waals surface area (Å²) in [6.07, 6.45) is 6.56. The van der Waals surface area contributed by atoms with Gasteiger partial charge in [-0.3, -0.25) is 4.79 Å². The zero-order chi connectivity index (χ0) is 14.7. The van der Waals surface area contributed by atoms with Crippen LogP contribution < -0.4 is 11.1 Å². The van der Waals surface area contributed by atoms with Crippen molar-refractivity contribution < 1.29 is 4.79 Å². The molecule has 0 unspecified atom stereocenters. The van der Waals surface area contributed by atoms with Crippen LogP contribution in [0.1, 0.15) is 5.56 Å². The number of hydrogen-bond donors (Lipinski definition) is 3. The van der Waals surface area contributed by atoms with Gasteiger partial charge in [-0.15, -0.1) is 0 Å². The van der Waals surface area contributed by atoms with Gasteiger partial charge < -0.3 is 16.0 Å². The number of carbonyl (C=O) groups excluding carboxylic acids is 1. The maximum atomic E-state index is 10.8. The highest BCUT2D eigenvalue weighted by molar-refractivity contribution is 5.95. The number of nitrogens with zero attached hydrogens (tertiary/aromatic N) is 1. The third-order valence-corrected chi connectivity index (χ3v) is 3.05. The van der Waals surface area contributed by atoms with E-state index in [9.17, 15) is 4.79 Å². The van der Waals surface area contributed by atoms with Gasteiger partial charge >= 0.3 is 0 Å². The molecule has 0 atom stereocenters. The fourth-order valence-electron chi connectivity index (χ4n) is 2.09. The summed E-state index contributed by atoms with van der Waals surface area (Å²) in [5.41, 5.74) is 8.62. The van der Waals surface area contributed by atoms with E-state index in [2.05, 4.69) is 15.3 Å². The Morgan fingerprint density at radius 1 is 1.24 bits per heavy atom. The second kappa shape index (κ2) is 5.50. The number of nitrogens with two attached hydrogens (primary N) is 1. The molecule has 2 aromatic heterocycles. The standard InChI is InChI=1S/C16H14N4O/c17-15(21)7-6-11-9-18-16-14(11)8-13(10-19-16)20-12-4-2-1-3-5-12/h1-10,20H,(H2,17,21)(H,18,19)/b7-6+. The van der Waals surface area contributed by atoms with Gasteiger partial charge in [0.1, 0.15) is 5.65 Å². The number of fused-ring (bicyclic) bond motifs is 1. The summed E-state index contributed by atoms with van der Waals surface area (Å²) in [6, 6.07) is 11.8. The summed E-state index contributed by atoms with van der Waals surface area (Å²) in [7, 11) is 0. The van der Waals surface area contributed by atoms with Gasteiger partial charge in [0, 0.05) is 28.9 Å². The van der Waals surface area contributed by atoms with Crippen molar-refractivity contribution in [3.63, 3.8) is 0 Å². The molecular weight excluding hydrogens is 264 g/mol. The molecule has 0 fully saturated rings. The Morgan fingerprint density at radius 2 is 2.05 bits per heavy atom. The van der Waals surface area contributed by atoms with Gasteiger partial charge in [-0.25, -0.2) is 4.98 Å². The third-order valence-electron chi connectivity index (χ3n) is 3.05. The van der Waals surface area contributed by atoms with Crippen molar-refractivity contribution in [2.45, 2.75) is 0 Å². The summed E-state index contributed by atoms with van der Waals surface area (Å²) >= 11 is 0. The molecule has 2 heterocycles. The average Bonchev–Trinajstić information content (AvgIpc) is 2.88. The molecule has 0 bridgehead atoms. The van der Waals surface area contributed by atoms with Crippen LogP contribution in [0, 0.1) is 0 Å². The molecule has 4 N–H and O–H groups in total. The Bertz CT molecular complexity index is 806. The summed E-state index contributed by atoms with van der Waals surface area (Å²) in [4.78, 5) is 18.3. The maximum absolute atomic E-state index is 10.8. The third kappa shape index (κ3) is 2.92. The van der Waals surface area contributed by atoms with E-state index in [-0.39, 0.29) is 0 Å². The molecule has 5 nitrogen and oxygen atoms in total. The van der Waals surface area contributed by atoms with Crippen molar-refractivity contribution in [3.8, 4) is 0 Å². The molecule has 0 aliphatic heterocycles. The monoisotopic (exact) mass is 278 g/mol. The zero-order valence-electron chi connectivity index (χ0n) is 11.2. The zero-order valence-corrected chi connectivity index (χ0v) is 11.2. The van der Waals surface area contributed by atoms with Crippen LogP contribution in [0.4, 0.5) is 11.4 Å². The van der Waals surface area contributed by atoms with Crippen LogP contribution in [0.25, 0.3) is 17.1 Å². The van der Waals surface area contributed by atoms with Gasteiger partial charge in [0.15, 0.2) is 0 Å². The first-order valence-corrected chi connectivity index (χ1v) is 6.49. The maximum Gasteiger partial charge on any atom is 0.241 e. The van der Waals surface area contributed by atoms with Crippen molar-refractivity contribution in [1.82, 2.24) is 9.97 Å². The average molecular weight is 278 g/mol. The van der Waals surface area contributed by atoms with E-state index in [1.54, 1.807) is 18.5 Å². The smallest absolute Gasteiger partial charge is 0.241 e. The van der Waals surface area contributed by atoms with Gasteiger partial charge in [0.2, 0.25) is 5.91 Å². The lowest BCUT2D eigenvalue weighted by Gasteiger charge is -2.05. The number of rotatable bonds is 4. The fraction of sp³-hybridized carbons (Fsp3) is 0. The molecule has 104 valence electrons. The lowest BCUT2D eigenvalue weighted by Crippen LogP contribution is -2.04. The van der Waals surface area contributed by atoms with Crippen LogP contribution in [-0.2, 0) is 4.79 Å². The summed E-state index contributed by atoms with van der Waals surface area (Å²) in [5, 5.41) is 4.21. The Hall–Kier alpha value is -3.08. The molecule has 5 heteroatoms. The van der Waals surface area contributed by atoms with Gasteiger partial charge in [-0.1, -0.05) is 18.2 Å². The number of anilines is 2. The largest absolute Gasteiger partial charge is 0.366 e. The molecule has 0 saturated carbocycles. The Labute approximate surface area is 121 Å². The number of hydrogen-bond acceptors (Lipinski definition) is 3. The number of para-hydroxylation sites is 1. The van der Waals surface area contributed by atoms with Crippen LogP contribution in [0.15, 0.2) is 54.9 Å². The van der Waals surface area contributed by atoms with E-state index in [1.165, 1.54) is 6.08 Å². The number of benzene rings is 1. The molecule has 0 saturated heterocycles. The van der Waals surface area contributed by atoms with E-state index in [4.69, 9.17) is 5.73 Å². The highest BCUT2D eigenvalue weighted by Crippen LogP contribution is 2.23. The number of carbonyl (C=O) groups is 1. The summed E-state index contributed by atoms with van der Waals surface area (Å²) < 4.78 is 0. The normalized spacial score (nSPS) is 11.0. The van der Waals surface area contributed by atoms with Crippen molar-refractivity contribution in [3.05, 3.63) is 60.4 Å². The first kappa shape index (κ1) is 12.9. The minimum atomic E-state index is -0.476. The van der Waals surface area contributed by atoms with Crippen molar-refractivity contribution >= 4 is 34.4 Å². The van der Waals surface area contributed by atoms with Gasteiger partial charge in [-0.2, -0.15) is 0 Å². The van der Waals surface area contributed by atoms with Crippen LogP contribution in [0.2, 0.25) is 0 Å². The van der Waals surface area contributed by atoms with Gasteiger partial charge in [0.05, 0.1) is 11.9 Å². The molecular formula is C16H14N4O. The molecule has 0 aliphatic carbocycles. The second-order valence-electron chi connectivity index (χ2n) is 4.59. The predicted octanol–water partition coefficient (Wildman–Crippen LogP) is 2.81. The number of nitrogens with one attached hydrogen (secondary N) is 2. The SMILES string of the molecule is NC(=O)/C=C/c1c[nH]c2ncc(Nc3ccccc3)cc12. The molecule has 3 rings (SSSR count). The van der Waals surface area contributed by atoms with Crippen molar-refractivity contribution in [2.75, 3.05) is 5.32 Å². The summed E-state index contributed by atoms with van der Waals surface area (Å²) in [5.74, 6) is -0.476. The number of amides is 1. The van der Waals surface area contributed by atoms with Crippen LogP contribution in [0.3, 0.4) is 0 Å². The first-order chi connectivity index (χ1) is 10.2. The lowest BCUT2D eigenvalue weighted by atomic mass is 10.2. The Morgan fingerprint density at radius 3 is 2.81 bits per heavy atom. The van der Waals surface area contributed by atoms with Crippen LogP contribution >= 0.6 is 0 Å². The van der Waals surface area contributed by atoms with Crippen molar-refractivity contribution in [2.24, 2.45) is 5.73 Å². The Kier molecular flexibility index (Phi) is 3.39. The van der Waals surface area contributed by atoms with Crippen LogP contribution in [-0.4, -0.2) is 15.9 Å². The van der Waals surface area contributed by atoms with Crippen molar-refractivity contribution in [1.29, 1.82) is 0 Å². The lowest BCUT2D eigenvalue weighted by molar-refractivity contribution is -0.113. The molecule has 21 heavy (non-hydrogen) atoms. The van der Waals surface area contributed by atoms with E-state index < -0.39 is 5.91 Å². The molecule has 3 aromatic rings. The highest BCUT2D eigenvalue weighted by Gasteiger charge is 2.04. The van der Waals surface area contributed by atoms with Gasteiger partial charge in [-0.05, 0) is 24.3 Å². The van der Waals surface area contributed by atoms with E-state index >= 15 is 0 Å². The fourth-order valence-corrected chi connectivity index (χ4v) is 2.09. The molecule has 1 aromatic carbocycles. The van der Waals surface area contributed by atoms with E-state index in [0.717, 1.165) is 28.0 Å². The minimum Gasteiger partial charge on any atom is -0.366 e. The number of aromatic amines is 1. The Balaban J connectivity index is 1.95. The second-order valence-corrected chi connectivity index (χ2v) is 4.59. The molecule has 0 radical (unpaired) electrons. The number of pyridine rings is 1. The van der Waals surface area contributed by atoms with Crippen LogP contribution in [0.5, 0.6) is 0 Å². The summed E-state index contributed by atoms with van der Waals surface area (Å²) in [6.45, 7) is 0. The minimum absolute atomic E-state index is 0.476. The molecule has 1 amide bonds. The quantitative estimate of drug-likeness (QED) is 0.642. The number of H-pyrrole nitrogens is 1. The first-order valence-electron chi connectivity index (χ1n) is 6.49. The van der Waals surface area contributed by atoms with E-state index in [0.29, 0.717) is 0 Å². The van der Waals surface area contributed by atoms with Gasteiger partial charge in [0.25, 0.3) is 0 Å². The number of primary amides is 1. The molecule has 0 spiro atoms. The van der Waals surface area contributed by atoms with E-state index in [1.807, 2.05) is 36.4 Å². The predicted molar refractivity (Wildman–Crippen MR) is 84.0 cm³/mol.